The Kier molecular flexibility index (Phi) is 6.41. The van der Waals surface area contributed by atoms with Crippen LogP contribution in [0.5, 0.6) is 0 Å². The number of carbonyl (C=O) groups excluding carboxylic acids is 3. The van der Waals surface area contributed by atoms with Crippen LogP contribution in [-0.4, -0.2) is 86.0 Å². The quantitative estimate of drug-likeness (QED) is 0.163. The predicted octanol–water partition coefficient (Wildman–Crippen LogP) is -5.68. The van der Waals surface area contributed by atoms with E-state index >= 15 is 0 Å². The SMILES string of the molecule is CC(=O)NC(N)(CC(N)=O)C(=O)OC1(O)O[C@H](CO)[C@@H](O)[C@H](O)[C@H]1O. The average molecular weight is 367 g/mol. The summed E-state index contributed by atoms with van der Waals surface area (Å²) in [6.45, 7) is 0.0595. The van der Waals surface area contributed by atoms with Crippen molar-refractivity contribution in [2.24, 2.45) is 11.5 Å². The Hall–Kier alpha value is -1.87. The average Bonchev–Trinajstić information content (AvgIpc) is 2.47. The number of nitrogens with one attached hydrogen (secondary N) is 1. The first-order valence-corrected chi connectivity index (χ1v) is 7.01. The van der Waals surface area contributed by atoms with Crippen LogP contribution in [0.15, 0.2) is 0 Å². The molecule has 1 rings (SSSR count). The molecule has 13 nitrogen and oxygen atoms in total. The van der Waals surface area contributed by atoms with Gasteiger partial charge in [0, 0.05) is 6.92 Å². The van der Waals surface area contributed by atoms with E-state index in [0.29, 0.717) is 0 Å². The normalized spacial score (nSPS) is 34.7. The van der Waals surface area contributed by atoms with Crippen molar-refractivity contribution in [2.45, 2.75) is 49.4 Å². The molecule has 10 N–H and O–H groups in total. The van der Waals surface area contributed by atoms with Crippen LogP contribution in [0.2, 0.25) is 0 Å². The number of amides is 2. The van der Waals surface area contributed by atoms with E-state index in [-0.39, 0.29) is 0 Å². The lowest BCUT2D eigenvalue weighted by Gasteiger charge is -2.44. The third-order valence-corrected chi connectivity index (χ3v) is 3.38. The minimum atomic E-state index is -3.23. The van der Waals surface area contributed by atoms with Crippen molar-refractivity contribution in [1.29, 1.82) is 0 Å². The molecule has 0 radical (unpaired) electrons. The summed E-state index contributed by atoms with van der Waals surface area (Å²) in [6, 6.07) is 0. The van der Waals surface area contributed by atoms with E-state index < -0.39 is 66.9 Å². The summed E-state index contributed by atoms with van der Waals surface area (Å²) in [5.74, 6) is -6.82. The highest BCUT2D eigenvalue weighted by molar-refractivity contribution is 5.91. The number of carbonyl (C=O) groups is 3. The molecular weight excluding hydrogens is 346 g/mol. The molecule has 1 aliphatic rings. The minimum absolute atomic E-state index is 0.846. The van der Waals surface area contributed by atoms with E-state index in [1.165, 1.54) is 0 Å². The van der Waals surface area contributed by atoms with E-state index in [2.05, 4.69) is 4.74 Å². The molecule has 0 aromatic rings. The number of aliphatic hydroxyl groups excluding tert-OH is 4. The van der Waals surface area contributed by atoms with Crippen molar-refractivity contribution in [2.75, 3.05) is 6.61 Å². The highest BCUT2D eigenvalue weighted by Gasteiger charge is 2.57. The fourth-order valence-electron chi connectivity index (χ4n) is 2.19. The van der Waals surface area contributed by atoms with E-state index in [0.717, 1.165) is 6.92 Å². The number of ether oxygens (including phenoxy) is 2. The van der Waals surface area contributed by atoms with Crippen LogP contribution in [0.25, 0.3) is 0 Å². The van der Waals surface area contributed by atoms with Crippen LogP contribution >= 0.6 is 0 Å². The smallest absolute Gasteiger partial charge is 0.357 e. The summed E-state index contributed by atoms with van der Waals surface area (Å²) in [7, 11) is 0. The van der Waals surface area contributed by atoms with Gasteiger partial charge in [0.15, 0.2) is 11.8 Å². The minimum Gasteiger partial charge on any atom is -0.403 e. The van der Waals surface area contributed by atoms with Crippen molar-refractivity contribution in [3.63, 3.8) is 0 Å². The monoisotopic (exact) mass is 367 g/mol. The van der Waals surface area contributed by atoms with Gasteiger partial charge >= 0.3 is 11.9 Å². The molecule has 1 aliphatic heterocycles. The lowest BCUT2D eigenvalue weighted by molar-refractivity contribution is -0.435. The molecule has 0 bridgehead atoms. The Morgan fingerprint density at radius 1 is 1.28 bits per heavy atom. The maximum Gasteiger partial charge on any atom is 0.357 e. The van der Waals surface area contributed by atoms with Gasteiger partial charge in [0.25, 0.3) is 0 Å². The number of rotatable bonds is 6. The second-order valence-electron chi connectivity index (χ2n) is 5.58. The summed E-state index contributed by atoms with van der Waals surface area (Å²) in [5.41, 5.74) is 8.01. The zero-order chi connectivity index (χ0) is 19.6. The molecule has 0 aromatic heterocycles. The largest absolute Gasteiger partial charge is 0.403 e. The van der Waals surface area contributed by atoms with Gasteiger partial charge in [-0.3, -0.25) is 15.3 Å². The number of primary amides is 1. The molecule has 6 atom stereocenters. The van der Waals surface area contributed by atoms with Crippen LogP contribution in [0, 0.1) is 0 Å². The van der Waals surface area contributed by atoms with Crippen LogP contribution in [0.1, 0.15) is 13.3 Å². The third-order valence-electron chi connectivity index (χ3n) is 3.38. The van der Waals surface area contributed by atoms with Crippen molar-refractivity contribution in [3.8, 4) is 0 Å². The zero-order valence-electron chi connectivity index (χ0n) is 13.2. The van der Waals surface area contributed by atoms with Crippen molar-refractivity contribution >= 4 is 17.8 Å². The van der Waals surface area contributed by atoms with Crippen molar-refractivity contribution in [3.05, 3.63) is 0 Å². The van der Waals surface area contributed by atoms with Gasteiger partial charge < -0.3 is 46.1 Å². The van der Waals surface area contributed by atoms with Gasteiger partial charge in [0.05, 0.1) is 13.0 Å². The summed E-state index contributed by atoms with van der Waals surface area (Å²) in [5, 5.41) is 50.2. The fraction of sp³-hybridized carbons (Fsp3) is 0.750. The third kappa shape index (κ3) is 4.60. The predicted molar refractivity (Wildman–Crippen MR) is 75.6 cm³/mol. The molecule has 1 fully saturated rings. The molecule has 0 aromatic carbocycles. The Bertz CT molecular complexity index is 525. The number of nitrogens with two attached hydrogens (primary N) is 2. The highest BCUT2D eigenvalue weighted by Crippen LogP contribution is 2.30. The first kappa shape index (κ1) is 21.2. The van der Waals surface area contributed by atoms with Crippen molar-refractivity contribution in [1.82, 2.24) is 5.32 Å². The second-order valence-corrected chi connectivity index (χ2v) is 5.58. The molecule has 2 unspecified atom stereocenters. The van der Waals surface area contributed by atoms with Gasteiger partial charge in [-0.25, -0.2) is 4.79 Å². The molecule has 0 aliphatic carbocycles. The van der Waals surface area contributed by atoms with Gasteiger partial charge in [-0.15, -0.1) is 0 Å². The first-order chi connectivity index (χ1) is 11.4. The lowest BCUT2D eigenvalue weighted by Crippen LogP contribution is -2.70. The van der Waals surface area contributed by atoms with Crippen LogP contribution < -0.4 is 16.8 Å². The molecule has 0 saturated carbocycles. The summed E-state index contributed by atoms with van der Waals surface area (Å²) < 4.78 is 9.24. The number of hydrogen-bond donors (Lipinski definition) is 8. The fourth-order valence-corrected chi connectivity index (χ4v) is 2.19. The van der Waals surface area contributed by atoms with E-state index in [4.69, 9.17) is 21.3 Å². The van der Waals surface area contributed by atoms with Crippen LogP contribution in [-0.2, 0) is 23.9 Å². The molecule has 144 valence electrons. The number of hydrogen-bond acceptors (Lipinski definition) is 11. The Labute approximate surface area is 141 Å². The molecule has 1 saturated heterocycles. The van der Waals surface area contributed by atoms with E-state index in [9.17, 15) is 34.8 Å². The van der Waals surface area contributed by atoms with Gasteiger partial charge in [0.1, 0.15) is 18.3 Å². The van der Waals surface area contributed by atoms with Gasteiger partial charge in [0.2, 0.25) is 11.8 Å². The van der Waals surface area contributed by atoms with Crippen LogP contribution in [0.4, 0.5) is 0 Å². The summed E-state index contributed by atoms with van der Waals surface area (Å²) in [4.78, 5) is 34.5. The van der Waals surface area contributed by atoms with Gasteiger partial charge in [-0.05, 0) is 0 Å². The lowest BCUT2D eigenvalue weighted by atomic mass is 9.97. The van der Waals surface area contributed by atoms with E-state index in [1.807, 2.05) is 5.32 Å². The second kappa shape index (κ2) is 7.57. The zero-order valence-corrected chi connectivity index (χ0v) is 13.2. The summed E-state index contributed by atoms with van der Waals surface area (Å²) in [6.07, 6.45) is -8.77. The molecule has 13 heteroatoms. The molecule has 25 heavy (non-hydrogen) atoms. The maximum absolute atomic E-state index is 12.2. The maximum atomic E-state index is 12.2. The molecule has 1 heterocycles. The number of aliphatic hydroxyl groups is 5. The molecule has 0 spiro atoms. The Morgan fingerprint density at radius 3 is 2.28 bits per heavy atom. The Balaban J connectivity index is 3.08. The van der Waals surface area contributed by atoms with Crippen LogP contribution in [0.3, 0.4) is 0 Å². The molecular formula is C12H21N3O10. The van der Waals surface area contributed by atoms with Gasteiger partial charge in [-0.1, -0.05) is 0 Å². The molecule has 2 amide bonds. The first-order valence-electron chi connectivity index (χ1n) is 7.01. The van der Waals surface area contributed by atoms with Gasteiger partial charge in [-0.2, -0.15) is 0 Å². The highest BCUT2D eigenvalue weighted by atomic mass is 16.8. The standard InChI is InChI=1S/C12H21N3O10/c1-4(17)15-11(14,2-6(13)18)10(22)25-12(23)9(21)8(20)7(19)5(3-16)24-12/h5,7-9,16,19-21,23H,2-3,14H2,1H3,(H2,13,18)(H,15,17)/t5-,7-,8+,9-,11?,12?/m1/s1. The van der Waals surface area contributed by atoms with E-state index in [1.54, 1.807) is 0 Å². The summed E-state index contributed by atoms with van der Waals surface area (Å²) >= 11 is 0. The Morgan fingerprint density at radius 2 is 1.84 bits per heavy atom. The van der Waals surface area contributed by atoms with Crippen molar-refractivity contribution < 1.29 is 49.4 Å². The topological polar surface area (TPSA) is 235 Å². The number of esters is 1.